The molecule has 1 rings (SSSR count). The lowest BCUT2D eigenvalue weighted by molar-refractivity contribution is 0.318. The Kier molecular flexibility index (Phi) is 4.65. The lowest BCUT2D eigenvalue weighted by Crippen LogP contribution is -2.21. The number of rotatable bonds is 5. The number of benzene rings is 1. The van der Waals surface area contributed by atoms with Gasteiger partial charge < -0.3 is 10.6 Å². The fourth-order valence-electron chi connectivity index (χ4n) is 1.38. The highest BCUT2D eigenvalue weighted by molar-refractivity contribution is 5.18. The van der Waals surface area contributed by atoms with Crippen molar-refractivity contribution in [1.82, 2.24) is 4.90 Å². The average molecular weight is 214 g/mol. The van der Waals surface area contributed by atoms with Crippen LogP contribution in [0.25, 0.3) is 0 Å². The van der Waals surface area contributed by atoms with Gasteiger partial charge in [0.2, 0.25) is 0 Å². The Hall–Kier alpha value is -1.00. The van der Waals surface area contributed by atoms with Crippen LogP contribution in [0.3, 0.4) is 0 Å². The highest BCUT2D eigenvalue weighted by Gasteiger charge is 2.06. The van der Waals surface area contributed by atoms with Crippen molar-refractivity contribution in [1.29, 1.82) is 0 Å². The minimum atomic E-state index is -0.541. The van der Waals surface area contributed by atoms with E-state index in [0.717, 1.165) is 19.0 Å². The molecule has 4 heteroatoms. The van der Waals surface area contributed by atoms with Gasteiger partial charge in [-0.1, -0.05) is 6.07 Å². The van der Waals surface area contributed by atoms with E-state index in [1.165, 1.54) is 12.1 Å². The van der Waals surface area contributed by atoms with Gasteiger partial charge in [-0.2, -0.15) is 0 Å². The van der Waals surface area contributed by atoms with Gasteiger partial charge in [0.15, 0.2) is 0 Å². The Morgan fingerprint density at radius 3 is 2.67 bits per heavy atom. The van der Waals surface area contributed by atoms with Crippen LogP contribution in [0.2, 0.25) is 0 Å². The van der Waals surface area contributed by atoms with E-state index in [9.17, 15) is 8.78 Å². The molecule has 0 amide bonds. The highest BCUT2D eigenvalue weighted by atomic mass is 19.1. The first kappa shape index (κ1) is 12.1. The van der Waals surface area contributed by atoms with Gasteiger partial charge in [-0.05, 0) is 32.6 Å². The normalized spacial score (nSPS) is 11.0. The summed E-state index contributed by atoms with van der Waals surface area (Å²) < 4.78 is 25.9. The van der Waals surface area contributed by atoms with Crippen molar-refractivity contribution in [2.75, 3.05) is 20.1 Å². The molecule has 0 aromatic heterocycles. The van der Waals surface area contributed by atoms with Crippen LogP contribution >= 0.6 is 0 Å². The zero-order valence-corrected chi connectivity index (χ0v) is 8.84. The fraction of sp³-hybridized carbons (Fsp3) is 0.455. The minimum absolute atomic E-state index is 0.478. The van der Waals surface area contributed by atoms with Gasteiger partial charge in [0, 0.05) is 18.2 Å². The average Bonchev–Trinajstić information content (AvgIpc) is 2.19. The first-order valence-corrected chi connectivity index (χ1v) is 4.96. The fourth-order valence-corrected chi connectivity index (χ4v) is 1.38. The molecule has 0 aliphatic rings. The lowest BCUT2D eigenvalue weighted by Gasteiger charge is -2.16. The quantitative estimate of drug-likeness (QED) is 0.809. The monoisotopic (exact) mass is 214 g/mol. The van der Waals surface area contributed by atoms with Crippen molar-refractivity contribution in [3.8, 4) is 0 Å². The summed E-state index contributed by atoms with van der Waals surface area (Å²) in [6, 6.07) is 3.66. The van der Waals surface area contributed by atoms with Gasteiger partial charge in [-0.3, -0.25) is 0 Å². The molecule has 0 aliphatic carbocycles. The van der Waals surface area contributed by atoms with Crippen molar-refractivity contribution in [3.63, 3.8) is 0 Å². The minimum Gasteiger partial charge on any atom is -0.330 e. The first-order valence-electron chi connectivity index (χ1n) is 4.96. The predicted octanol–water partition coefficient (Wildman–Crippen LogP) is 1.75. The predicted molar refractivity (Wildman–Crippen MR) is 56.4 cm³/mol. The van der Waals surface area contributed by atoms with Gasteiger partial charge in [0.1, 0.15) is 11.6 Å². The van der Waals surface area contributed by atoms with Crippen LogP contribution in [0.1, 0.15) is 12.0 Å². The Balaban J connectivity index is 2.56. The maximum atomic E-state index is 13.2. The Morgan fingerprint density at radius 1 is 1.33 bits per heavy atom. The van der Waals surface area contributed by atoms with E-state index in [0.29, 0.717) is 18.7 Å². The van der Waals surface area contributed by atoms with E-state index in [1.54, 1.807) is 0 Å². The maximum Gasteiger partial charge on any atom is 0.130 e. The summed E-state index contributed by atoms with van der Waals surface area (Å²) in [4.78, 5) is 1.96. The third-order valence-electron chi connectivity index (χ3n) is 2.20. The Bertz CT molecular complexity index is 315. The zero-order valence-electron chi connectivity index (χ0n) is 8.84. The van der Waals surface area contributed by atoms with E-state index in [4.69, 9.17) is 5.73 Å². The second kappa shape index (κ2) is 5.78. The zero-order chi connectivity index (χ0) is 11.3. The van der Waals surface area contributed by atoms with Crippen LogP contribution in [0.15, 0.2) is 18.2 Å². The highest BCUT2D eigenvalue weighted by Crippen LogP contribution is 2.11. The molecule has 0 aliphatic heterocycles. The smallest absolute Gasteiger partial charge is 0.130 e. The van der Waals surface area contributed by atoms with Gasteiger partial charge in [-0.25, -0.2) is 8.78 Å². The molecule has 2 nitrogen and oxygen atoms in total. The summed E-state index contributed by atoms with van der Waals surface area (Å²) in [7, 11) is 1.89. The molecule has 0 saturated carbocycles. The van der Waals surface area contributed by atoms with Crippen molar-refractivity contribution >= 4 is 0 Å². The third-order valence-corrected chi connectivity index (χ3v) is 2.20. The molecule has 0 heterocycles. The second-order valence-electron chi connectivity index (χ2n) is 3.62. The summed E-state index contributed by atoms with van der Waals surface area (Å²) in [5.74, 6) is -1.03. The summed E-state index contributed by atoms with van der Waals surface area (Å²) in [6.07, 6.45) is 0.874. The van der Waals surface area contributed by atoms with Gasteiger partial charge in [0.05, 0.1) is 0 Å². The maximum absolute atomic E-state index is 13.2. The summed E-state index contributed by atoms with van der Waals surface area (Å²) in [5, 5.41) is 0. The standard InChI is InChI=1S/C11H16F2N2/c1-15(6-2-5-14)8-9-3-4-10(12)7-11(9)13/h3-4,7H,2,5-6,8,14H2,1H3. The molecule has 0 saturated heterocycles. The number of hydrogen-bond donors (Lipinski definition) is 1. The number of hydrogen-bond acceptors (Lipinski definition) is 2. The van der Waals surface area contributed by atoms with Crippen LogP contribution < -0.4 is 5.73 Å². The molecule has 0 unspecified atom stereocenters. The van der Waals surface area contributed by atoms with Crippen LogP contribution in [0, 0.1) is 11.6 Å². The van der Waals surface area contributed by atoms with Crippen molar-refractivity contribution in [3.05, 3.63) is 35.4 Å². The summed E-state index contributed by atoms with van der Waals surface area (Å²) >= 11 is 0. The van der Waals surface area contributed by atoms with Crippen LogP contribution in [0.4, 0.5) is 8.78 Å². The van der Waals surface area contributed by atoms with Crippen LogP contribution in [-0.2, 0) is 6.54 Å². The topological polar surface area (TPSA) is 29.3 Å². The molecule has 0 spiro atoms. The molecule has 1 aromatic rings. The molecule has 2 N–H and O–H groups in total. The molecule has 1 aromatic carbocycles. The number of halogens is 2. The van der Waals surface area contributed by atoms with E-state index in [1.807, 2.05) is 11.9 Å². The third kappa shape index (κ3) is 3.93. The Morgan fingerprint density at radius 2 is 2.07 bits per heavy atom. The van der Waals surface area contributed by atoms with Gasteiger partial charge >= 0.3 is 0 Å². The van der Waals surface area contributed by atoms with Crippen molar-refractivity contribution < 1.29 is 8.78 Å². The van der Waals surface area contributed by atoms with E-state index in [2.05, 4.69) is 0 Å². The summed E-state index contributed by atoms with van der Waals surface area (Å²) in [5.41, 5.74) is 5.88. The van der Waals surface area contributed by atoms with E-state index < -0.39 is 11.6 Å². The van der Waals surface area contributed by atoms with Gasteiger partial charge in [-0.15, -0.1) is 0 Å². The van der Waals surface area contributed by atoms with Crippen LogP contribution in [-0.4, -0.2) is 25.0 Å². The van der Waals surface area contributed by atoms with Crippen molar-refractivity contribution in [2.24, 2.45) is 5.73 Å². The summed E-state index contributed by atoms with van der Waals surface area (Å²) in [6.45, 7) is 1.91. The molecule has 0 atom stereocenters. The molecule has 84 valence electrons. The van der Waals surface area contributed by atoms with E-state index >= 15 is 0 Å². The number of nitrogens with zero attached hydrogens (tertiary/aromatic N) is 1. The van der Waals surface area contributed by atoms with Crippen LogP contribution in [0.5, 0.6) is 0 Å². The lowest BCUT2D eigenvalue weighted by atomic mass is 10.2. The molecule has 15 heavy (non-hydrogen) atoms. The molecular formula is C11H16F2N2. The molecule has 0 bridgehead atoms. The van der Waals surface area contributed by atoms with Gasteiger partial charge in [0.25, 0.3) is 0 Å². The largest absolute Gasteiger partial charge is 0.330 e. The number of nitrogens with two attached hydrogens (primary N) is 1. The molecular weight excluding hydrogens is 198 g/mol. The molecule has 0 fully saturated rings. The second-order valence-corrected chi connectivity index (χ2v) is 3.62. The first-order chi connectivity index (χ1) is 7.13. The SMILES string of the molecule is CN(CCCN)Cc1ccc(F)cc1F. The molecule has 0 radical (unpaired) electrons. The van der Waals surface area contributed by atoms with E-state index in [-0.39, 0.29) is 0 Å². The Labute approximate surface area is 88.7 Å². The van der Waals surface area contributed by atoms with Crippen molar-refractivity contribution in [2.45, 2.75) is 13.0 Å².